The number of methoxy groups -OCH3 is 2. The van der Waals surface area contributed by atoms with E-state index in [1.165, 1.54) is 24.0 Å². The van der Waals surface area contributed by atoms with Gasteiger partial charge in [0.1, 0.15) is 0 Å². The molecule has 166 valence electrons. The molecule has 7 heteroatoms. The Morgan fingerprint density at radius 3 is 2.38 bits per heavy atom. The SMILES string of the molecule is CCc1ccc(NC(=O)[C@@H]2c3cc(OC)c(OC)cc3C(=O)N(C)[C@H]2c2cccs2)cc1. The van der Waals surface area contributed by atoms with E-state index in [1.807, 2.05) is 41.8 Å². The van der Waals surface area contributed by atoms with Crippen molar-refractivity contribution >= 4 is 28.8 Å². The summed E-state index contributed by atoms with van der Waals surface area (Å²) < 4.78 is 10.9. The minimum atomic E-state index is -0.614. The quantitative estimate of drug-likeness (QED) is 0.581. The van der Waals surface area contributed by atoms with Crippen LogP contribution in [0, 0.1) is 0 Å². The Kier molecular flexibility index (Phi) is 6.19. The Balaban J connectivity index is 1.82. The molecule has 1 aromatic heterocycles. The van der Waals surface area contributed by atoms with E-state index in [9.17, 15) is 9.59 Å². The van der Waals surface area contributed by atoms with Crippen molar-refractivity contribution in [3.63, 3.8) is 0 Å². The van der Waals surface area contributed by atoms with E-state index in [0.29, 0.717) is 22.6 Å². The zero-order chi connectivity index (χ0) is 22.8. The summed E-state index contributed by atoms with van der Waals surface area (Å²) in [5.74, 6) is -0.0105. The van der Waals surface area contributed by atoms with Crippen molar-refractivity contribution in [1.82, 2.24) is 4.90 Å². The average Bonchev–Trinajstić information content (AvgIpc) is 3.35. The Morgan fingerprint density at radius 1 is 1.09 bits per heavy atom. The maximum atomic E-state index is 13.7. The topological polar surface area (TPSA) is 67.9 Å². The summed E-state index contributed by atoms with van der Waals surface area (Å²) in [7, 11) is 4.81. The molecule has 0 spiro atoms. The van der Waals surface area contributed by atoms with Crippen molar-refractivity contribution in [2.45, 2.75) is 25.3 Å². The molecule has 4 rings (SSSR count). The highest BCUT2D eigenvalue weighted by molar-refractivity contribution is 7.10. The van der Waals surface area contributed by atoms with Gasteiger partial charge in [0.15, 0.2) is 11.5 Å². The molecule has 6 nitrogen and oxygen atoms in total. The molecule has 0 unspecified atom stereocenters. The fourth-order valence-corrected chi connectivity index (χ4v) is 5.10. The summed E-state index contributed by atoms with van der Waals surface area (Å²) in [6, 6.07) is 14.7. The predicted octanol–water partition coefficient (Wildman–Crippen LogP) is 4.88. The zero-order valence-electron chi connectivity index (χ0n) is 18.5. The smallest absolute Gasteiger partial charge is 0.254 e. The number of benzene rings is 2. The van der Waals surface area contributed by atoms with E-state index in [-0.39, 0.29) is 11.8 Å². The highest BCUT2D eigenvalue weighted by atomic mass is 32.1. The molecule has 1 aliphatic rings. The molecular formula is C25H26N2O4S. The van der Waals surface area contributed by atoms with Crippen molar-refractivity contribution in [3.8, 4) is 11.5 Å². The number of thiophene rings is 1. The number of fused-ring (bicyclic) bond motifs is 1. The molecule has 32 heavy (non-hydrogen) atoms. The summed E-state index contributed by atoms with van der Waals surface area (Å²) in [4.78, 5) is 29.6. The van der Waals surface area contributed by atoms with Crippen molar-refractivity contribution in [2.75, 3.05) is 26.6 Å². The number of nitrogens with zero attached hydrogens (tertiary/aromatic N) is 1. The first-order valence-corrected chi connectivity index (χ1v) is 11.3. The summed E-state index contributed by atoms with van der Waals surface area (Å²) in [6.07, 6.45) is 0.930. The molecule has 0 fully saturated rings. The molecule has 2 atom stereocenters. The van der Waals surface area contributed by atoms with E-state index < -0.39 is 12.0 Å². The van der Waals surface area contributed by atoms with Gasteiger partial charge in [-0.15, -0.1) is 11.3 Å². The Bertz CT molecular complexity index is 1130. The van der Waals surface area contributed by atoms with Crippen LogP contribution in [0.15, 0.2) is 53.9 Å². The van der Waals surface area contributed by atoms with Crippen LogP contribution in [0.2, 0.25) is 0 Å². The van der Waals surface area contributed by atoms with Gasteiger partial charge in [-0.2, -0.15) is 0 Å². The number of rotatable bonds is 6. The van der Waals surface area contributed by atoms with Crippen molar-refractivity contribution in [2.24, 2.45) is 0 Å². The third kappa shape index (κ3) is 3.84. The van der Waals surface area contributed by atoms with Crippen LogP contribution in [0.3, 0.4) is 0 Å². The number of ether oxygens (including phenoxy) is 2. The lowest BCUT2D eigenvalue weighted by atomic mass is 9.81. The highest BCUT2D eigenvalue weighted by Gasteiger charge is 2.44. The molecule has 0 bridgehead atoms. The van der Waals surface area contributed by atoms with Gasteiger partial charge in [0.05, 0.1) is 26.2 Å². The Morgan fingerprint density at radius 2 is 1.78 bits per heavy atom. The standard InChI is InChI=1S/C25H26N2O4S/c1-5-15-8-10-16(11-9-15)26-24(28)22-17-13-19(30-3)20(31-4)14-18(17)25(29)27(2)23(22)21-7-6-12-32-21/h6-14,22-23H,5H2,1-4H3,(H,26,28)/t22-,23+/m1/s1. The molecule has 0 aliphatic carbocycles. The van der Waals surface area contributed by atoms with E-state index >= 15 is 0 Å². The molecule has 1 aliphatic heterocycles. The first-order valence-electron chi connectivity index (χ1n) is 10.4. The minimum absolute atomic E-state index is 0.157. The lowest BCUT2D eigenvalue weighted by Crippen LogP contribution is -2.43. The summed E-state index contributed by atoms with van der Waals surface area (Å²) >= 11 is 1.53. The second-order valence-electron chi connectivity index (χ2n) is 7.69. The second-order valence-corrected chi connectivity index (χ2v) is 8.67. The number of hydrogen-bond acceptors (Lipinski definition) is 5. The van der Waals surface area contributed by atoms with Crippen LogP contribution >= 0.6 is 11.3 Å². The number of likely N-dealkylation sites (N-methyl/N-ethyl adjacent to an activating group) is 1. The molecule has 2 aromatic carbocycles. The van der Waals surface area contributed by atoms with Gasteiger partial charge in [0.2, 0.25) is 5.91 Å². The lowest BCUT2D eigenvalue weighted by molar-refractivity contribution is -0.119. The minimum Gasteiger partial charge on any atom is -0.493 e. The molecule has 0 radical (unpaired) electrons. The number of amides is 2. The highest BCUT2D eigenvalue weighted by Crippen LogP contribution is 2.46. The first-order chi connectivity index (χ1) is 15.5. The molecule has 0 saturated heterocycles. The number of anilines is 1. The molecule has 0 saturated carbocycles. The van der Waals surface area contributed by atoms with Gasteiger partial charge in [-0.05, 0) is 53.3 Å². The monoisotopic (exact) mass is 450 g/mol. The molecule has 2 heterocycles. The number of carbonyl (C=O) groups is 2. The number of carbonyl (C=O) groups excluding carboxylic acids is 2. The van der Waals surface area contributed by atoms with E-state index in [1.54, 1.807) is 31.2 Å². The normalized spacial score (nSPS) is 17.6. The van der Waals surface area contributed by atoms with Gasteiger partial charge in [-0.3, -0.25) is 9.59 Å². The molecular weight excluding hydrogens is 424 g/mol. The molecule has 1 N–H and O–H groups in total. The molecule has 2 amide bonds. The van der Waals surface area contributed by atoms with Crippen LogP contribution in [-0.2, 0) is 11.2 Å². The van der Waals surface area contributed by atoms with Crippen molar-refractivity contribution < 1.29 is 19.1 Å². The van der Waals surface area contributed by atoms with Gasteiger partial charge < -0.3 is 19.7 Å². The van der Waals surface area contributed by atoms with Crippen LogP contribution in [0.5, 0.6) is 11.5 Å². The average molecular weight is 451 g/mol. The zero-order valence-corrected chi connectivity index (χ0v) is 19.4. The van der Waals surface area contributed by atoms with Crippen molar-refractivity contribution in [3.05, 3.63) is 75.5 Å². The second kappa shape index (κ2) is 9.04. The molecule has 3 aromatic rings. The number of hydrogen-bond donors (Lipinski definition) is 1. The van der Waals surface area contributed by atoms with Crippen molar-refractivity contribution in [1.29, 1.82) is 0 Å². The van der Waals surface area contributed by atoms with Crippen LogP contribution in [0.1, 0.15) is 45.2 Å². The fraction of sp³-hybridized carbons (Fsp3) is 0.280. The van der Waals surface area contributed by atoms with E-state index in [2.05, 4.69) is 12.2 Å². The summed E-state index contributed by atoms with van der Waals surface area (Å²) in [5.41, 5.74) is 3.00. The van der Waals surface area contributed by atoms with Gasteiger partial charge in [0.25, 0.3) is 5.91 Å². The fourth-order valence-electron chi connectivity index (χ4n) is 4.19. The Labute approximate surface area is 191 Å². The number of nitrogens with one attached hydrogen (secondary N) is 1. The summed E-state index contributed by atoms with van der Waals surface area (Å²) in [5, 5.41) is 5.01. The predicted molar refractivity (Wildman–Crippen MR) is 126 cm³/mol. The van der Waals surface area contributed by atoms with Crippen LogP contribution in [0.4, 0.5) is 5.69 Å². The Hall–Kier alpha value is -3.32. The van der Waals surface area contributed by atoms with Crippen LogP contribution in [0.25, 0.3) is 0 Å². The van der Waals surface area contributed by atoms with Gasteiger partial charge >= 0.3 is 0 Å². The largest absolute Gasteiger partial charge is 0.493 e. The maximum Gasteiger partial charge on any atom is 0.254 e. The maximum absolute atomic E-state index is 13.7. The van der Waals surface area contributed by atoms with Gasteiger partial charge in [0, 0.05) is 23.2 Å². The first kappa shape index (κ1) is 21.9. The van der Waals surface area contributed by atoms with E-state index in [4.69, 9.17) is 9.47 Å². The summed E-state index contributed by atoms with van der Waals surface area (Å²) in [6.45, 7) is 2.09. The van der Waals surface area contributed by atoms with E-state index in [0.717, 1.165) is 17.0 Å². The third-order valence-corrected chi connectivity index (χ3v) is 6.86. The van der Waals surface area contributed by atoms with Crippen LogP contribution in [-0.4, -0.2) is 38.0 Å². The number of aryl methyl sites for hydroxylation is 1. The lowest BCUT2D eigenvalue weighted by Gasteiger charge is -2.39. The third-order valence-electron chi connectivity index (χ3n) is 5.92. The van der Waals surface area contributed by atoms with Crippen LogP contribution < -0.4 is 14.8 Å². The van der Waals surface area contributed by atoms with Gasteiger partial charge in [-0.1, -0.05) is 25.1 Å². The van der Waals surface area contributed by atoms with Gasteiger partial charge in [-0.25, -0.2) is 0 Å².